The van der Waals surface area contributed by atoms with Crippen molar-refractivity contribution < 1.29 is 5.11 Å². The number of β-amino-alcohol motifs (C(OH)–C–C–N with tert-alkyl or cyclic N) is 1. The topological polar surface area (TPSA) is 79.1 Å². The van der Waals surface area contributed by atoms with E-state index >= 15 is 0 Å². The number of aryl methyl sites for hydroxylation is 1. The maximum atomic E-state index is 9.73. The van der Waals surface area contributed by atoms with Crippen molar-refractivity contribution in [1.29, 1.82) is 0 Å². The lowest BCUT2D eigenvalue weighted by molar-refractivity contribution is 0.174. The minimum Gasteiger partial charge on any atom is -0.392 e. The molecule has 1 aliphatic rings. The first-order chi connectivity index (χ1) is 12.2. The van der Waals surface area contributed by atoms with Crippen molar-refractivity contribution in [3.8, 4) is 0 Å². The molecule has 7 nitrogen and oxygen atoms in total. The molecule has 0 aliphatic carbocycles. The number of fused-ring (bicyclic) bond motifs is 1. The molecule has 2 aromatic heterocycles. The summed E-state index contributed by atoms with van der Waals surface area (Å²) in [5.74, 6) is 0.796. The summed E-state index contributed by atoms with van der Waals surface area (Å²) >= 11 is 0. The van der Waals surface area contributed by atoms with E-state index in [1.165, 1.54) is 11.1 Å². The Morgan fingerprint density at radius 1 is 1.24 bits per heavy atom. The number of hydrogen-bond donors (Lipinski definition) is 2. The number of aliphatic hydroxyl groups is 1. The molecule has 2 N–H and O–H groups in total. The van der Waals surface area contributed by atoms with Gasteiger partial charge in [0.2, 0.25) is 0 Å². The van der Waals surface area contributed by atoms with E-state index in [-0.39, 0.29) is 6.10 Å². The molecular weight excluding hydrogens is 316 g/mol. The van der Waals surface area contributed by atoms with Gasteiger partial charge in [0.25, 0.3) is 0 Å². The number of aliphatic hydroxyl groups excluding tert-OH is 1. The fourth-order valence-corrected chi connectivity index (χ4v) is 3.36. The van der Waals surface area contributed by atoms with Crippen LogP contribution < -0.4 is 5.32 Å². The van der Waals surface area contributed by atoms with Crippen LogP contribution in [0.3, 0.4) is 0 Å². The van der Waals surface area contributed by atoms with Crippen LogP contribution in [0.1, 0.15) is 17.5 Å². The van der Waals surface area contributed by atoms with E-state index in [1.807, 2.05) is 7.05 Å². The molecule has 3 aromatic rings. The van der Waals surface area contributed by atoms with Crippen LogP contribution in [-0.4, -0.2) is 48.9 Å². The van der Waals surface area contributed by atoms with E-state index in [9.17, 15) is 5.11 Å². The highest BCUT2D eigenvalue weighted by Crippen LogP contribution is 2.21. The highest BCUT2D eigenvalue weighted by molar-refractivity contribution is 5.85. The number of hydrogen-bond acceptors (Lipinski definition) is 6. The van der Waals surface area contributed by atoms with Crippen LogP contribution in [0.4, 0.5) is 5.82 Å². The Hall–Kier alpha value is -2.51. The molecular formula is C18H22N6O. The Bertz CT molecular complexity index is 877. The Morgan fingerprint density at radius 3 is 2.88 bits per heavy atom. The summed E-state index contributed by atoms with van der Waals surface area (Å²) in [5, 5.41) is 18.3. The zero-order valence-corrected chi connectivity index (χ0v) is 14.3. The number of nitrogens with one attached hydrogen (secondary N) is 1. The van der Waals surface area contributed by atoms with Crippen LogP contribution in [0.15, 0.2) is 36.8 Å². The first-order valence-electron chi connectivity index (χ1n) is 8.54. The van der Waals surface area contributed by atoms with E-state index in [0.29, 0.717) is 6.54 Å². The van der Waals surface area contributed by atoms with Gasteiger partial charge >= 0.3 is 0 Å². The highest BCUT2D eigenvalue weighted by Gasteiger charge is 2.20. The van der Waals surface area contributed by atoms with Gasteiger partial charge in [0.1, 0.15) is 12.1 Å². The first-order valence-corrected chi connectivity index (χ1v) is 8.54. The van der Waals surface area contributed by atoms with E-state index in [4.69, 9.17) is 0 Å². The van der Waals surface area contributed by atoms with Gasteiger partial charge in [-0.25, -0.2) is 9.97 Å². The van der Waals surface area contributed by atoms with Crippen molar-refractivity contribution in [2.75, 3.05) is 18.4 Å². The lowest BCUT2D eigenvalue weighted by Gasteiger charge is -2.18. The molecule has 1 aromatic carbocycles. The second-order valence-corrected chi connectivity index (χ2v) is 6.53. The monoisotopic (exact) mass is 338 g/mol. The lowest BCUT2D eigenvalue weighted by atomic mass is 10.1. The number of aromatic nitrogens is 4. The summed E-state index contributed by atoms with van der Waals surface area (Å²) in [5.41, 5.74) is 3.33. The van der Waals surface area contributed by atoms with Gasteiger partial charge in [0, 0.05) is 33.2 Å². The molecule has 1 fully saturated rings. The molecule has 1 saturated heterocycles. The largest absolute Gasteiger partial charge is 0.392 e. The summed E-state index contributed by atoms with van der Waals surface area (Å²) in [6.07, 6.45) is 4.02. The summed E-state index contributed by atoms with van der Waals surface area (Å²) in [6.45, 7) is 3.25. The fraction of sp³-hybridized carbons (Fsp3) is 0.389. The molecule has 0 bridgehead atoms. The molecule has 1 atom stereocenters. The van der Waals surface area contributed by atoms with Crippen molar-refractivity contribution in [2.24, 2.45) is 7.05 Å². The third-order valence-corrected chi connectivity index (χ3v) is 4.74. The lowest BCUT2D eigenvalue weighted by Crippen LogP contribution is -2.22. The Labute approximate surface area is 146 Å². The fourth-order valence-electron chi connectivity index (χ4n) is 3.36. The third-order valence-electron chi connectivity index (χ3n) is 4.74. The van der Waals surface area contributed by atoms with Crippen molar-refractivity contribution in [3.63, 3.8) is 0 Å². The zero-order valence-electron chi connectivity index (χ0n) is 14.3. The summed E-state index contributed by atoms with van der Waals surface area (Å²) in [4.78, 5) is 10.9. The molecule has 3 heterocycles. The minimum atomic E-state index is -0.190. The van der Waals surface area contributed by atoms with E-state index in [1.54, 1.807) is 17.2 Å². The normalized spacial score (nSPS) is 18.1. The third kappa shape index (κ3) is 3.33. The maximum Gasteiger partial charge on any atom is 0.163 e. The van der Waals surface area contributed by atoms with Crippen LogP contribution >= 0.6 is 0 Å². The number of nitrogens with zero attached hydrogens (tertiary/aromatic N) is 5. The van der Waals surface area contributed by atoms with Crippen molar-refractivity contribution in [1.82, 2.24) is 24.6 Å². The van der Waals surface area contributed by atoms with Gasteiger partial charge in [-0.2, -0.15) is 5.10 Å². The molecule has 0 amide bonds. The maximum absolute atomic E-state index is 9.73. The molecule has 0 radical (unpaired) electrons. The summed E-state index contributed by atoms with van der Waals surface area (Å²) in [6, 6.07) is 8.41. The molecule has 1 aliphatic heterocycles. The van der Waals surface area contributed by atoms with E-state index in [0.717, 1.165) is 42.9 Å². The molecule has 130 valence electrons. The SMILES string of the molecule is Cn1ncc2c(NCc3ccccc3CN3CCC(O)C3)ncnc21. The van der Waals surface area contributed by atoms with Gasteiger partial charge in [0.05, 0.1) is 17.7 Å². The van der Waals surface area contributed by atoms with Crippen LogP contribution in [0.25, 0.3) is 11.0 Å². The number of benzene rings is 1. The van der Waals surface area contributed by atoms with Crippen LogP contribution in [0.5, 0.6) is 0 Å². The smallest absolute Gasteiger partial charge is 0.163 e. The summed E-state index contributed by atoms with van der Waals surface area (Å²) < 4.78 is 1.74. The van der Waals surface area contributed by atoms with Crippen LogP contribution in [0.2, 0.25) is 0 Å². The van der Waals surface area contributed by atoms with Crippen molar-refractivity contribution in [3.05, 3.63) is 47.9 Å². The molecule has 1 unspecified atom stereocenters. The Balaban J connectivity index is 1.51. The minimum absolute atomic E-state index is 0.190. The molecule has 0 spiro atoms. The van der Waals surface area contributed by atoms with Gasteiger partial charge < -0.3 is 10.4 Å². The van der Waals surface area contributed by atoms with Crippen molar-refractivity contribution >= 4 is 16.9 Å². The molecule has 7 heteroatoms. The Kier molecular flexibility index (Phi) is 4.33. The zero-order chi connectivity index (χ0) is 17.2. The average molecular weight is 338 g/mol. The first kappa shape index (κ1) is 16.0. The second-order valence-electron chi connectivity index (χ2n) is 6.53. The van der Waals surface area contributed by atoms with Gasteiger partial charge in [-0.1, -0.05) is 24.3 Å². The number of anilines is 1. The van der Waals surface area contributed by atoms with Crippen molar-refractivity contribution in [2.45, 2.75) is 25.6 Å². The quantitative estimate of drug-likeness (QED) is 0.735. The van der Waals surface area contributed by atoms with Gasteiger partial charge in [-0.05, 0) is 17.5 Å². The van der Waals surface area contributed by atoms with Gasteiger partial charge in [0.15, 0.2) is 5.65 Å². The van der Waals surface area contributed by atoms with Gasteiger partial charge in [-0.15, -0.1) is 0 Å². The predicted octanol–water partition coefficient (Wildman–Crippen LogP) is 1.54. The molecule has 4 rings (SSSR count). The number of likely N-dealkylation sites (tertiary alicyclic amines) is 1. The molecule has 25 heavy (non-hydrogen) atoms. The second kappa shape index (κ2) is 6.78. The average Bonchev–Trinajstić information content (AvgIpc) is 3.20. The summed E-state index contributed by atoms with van der Waals surface area (Å²) in [7, 11) is 1.87. The highest BCUT2D eigenvalue weighted by atomic mass is 16.3. The van der Waals surface area contributed by atoms with E-state index < -0.39 is 0 Å². The van der Waals surface area contributed by atoms with E-state index in [2.05, 4.69) is 49.5 Å². The van der Waals surface area contributed by atoms with Gasteiger partial charge in [-0.3, -0.25) is 9.58 Å². The number of rotatable bonds is 5. The Morgan fingerprint density at radius 2 is 2.08 bits per heavy atom. The standard InChI is InChI=1S/C18H22N6O/c1-23-18-16(9-22-23)17(20-12-21-18)19-8-13-4-2-3-5-14(13)10-24-7-6-15(25)11-24/h2-5,9,12,15,25H,6-8,10-11H2,1H3,(H,19,20,21). The van der Waals surface area contributed by atoms with Crippen LogP contribution in [0, 0.1) is 0 Å². The molecule has 0 saturated carbocycles. The predicted molar refractivity (Wildman–Crippen MR) is 96.0 cm³/mol. The van der Waals surface area contributed by atoms with Crippen LogP contribution in [-0.2, 0) is 20.1 Å².